The van der Waals surface area contributed by atoms with E-state index in [1.54, 1.807) is 16.3 Å². The van der Waals surface area contributed by atoms with Crippen molar-refractivity contribution in [2.45, 2.75) is 31.0 Å². The maximum atomic E-state index is 15.7. The summed E-state index contributed by atoms with van der Waals surface area (Å²) in [7, 11) is -17.9. The number of phosphoric ester groups is 1. The molecule has 186 valence electrons. The molecule has 6 atom stereocenters. The third-order valence-electron chi connectivity index (χ3n) is 3.69. The zero-order valence-electron chi connectivity index (χ0n) is 17.8. The number of nitrogens with zero attached hydrogens (tertiary/aromatic N) is 1. The monoisotopic (exact) mass is 560 g/mol. The largest absolute Gasteiger partial charge is 0.490 e. The van der Waals surface area contributed by atoms with E-state index in [2.05, 4.69) is 13.1 Å². The second kappa shape index (κ2) is 9.80. The normalized spacial score (nSPS) is 30.4. The fourth-order valence-electron chi connectivity index (χ4n) is 2.56. The molecule has 0 amide bonds. The fraction of sp³-hybridized carbons (Fsp3) is 0.500. The Labute approximate surface area is 190 Å². The standard InChI is InChI=1S/C12H15ClFN2O14P3/c1-6-4-8(17)15-11(19)16(6)10-12(14,2-3-13)9(18)7(28-10)5-27-32(23,24)30-33(25,26)29-31(20,21)22/h4,7,9-10,18H,5H2,1H3,(H,23,24)(H,25,26)(H,15,17,19)(H2,20,21,22)/t7-,9+,10-,12?/m1/s1/i5D2. The smallest absolute Gasteiger partial charge is 0.386 e. The summed E-state index contributed by atoms with van der Waals surface area (Å²) in [6.07, 6.45) is -7.71. The minimum Gasteiger partial charge on any atom is -0.386 e. The highest BCUT2D eigenvalue weighted by atomic mass is 35.5. The van der Waals surface area contributed by atoms with Crippen LogP contribution in [0.2, 0.25) is 0 Å². The van der Waals surface area contributed by atoms with E-state index in [-0.39, 0.29) is 5.69 Å². The molecule has 1 aromatic rings. The van der Waals surface area contributed by atoms with Gasteiger partial charge in [0.1, 0.15) is 12.2 Å². The lowest BCUT2D eigenvalue weighted by atomic mass is 9.97. The summed E-state index contributed by atoms with van der Waals surface area (Å²) >= 11 is 5.21. The van der Waals surface area contributed by atoms with Gasteiger partial charge >= 0.3 is 29.2 Å². The molecule has 3 unspecified atom stereocenters. The number of halogens is 2. The van der Waals surface area contributed by atoms with Crippen LogP contribution in [0.25, 0.3) is 0 Å². The number of ether oxygens (including phenoxy) is 1. The van der Waals surface area contributed by atoms with E-state index in [4.69, 9.17) is 28.9 Å². The van der Waals surface area contributed by atoms with Crippen LogP contribution in [0.5, 0.6) is 0 Å². The predicted octanol–water partition coefficient (Wildman–Crippen LogP) is -0.645. The van der Waals surface area contributed by atoms with Crippen molar-refractivity contribution in [3.63, 3.8) is 0 Å². The summed E-state index contributed by atoms with van der Waals surface area (Å²) in [4.78, 5) is 61.3. The van der Waals surface area contributed by atoms with Gasteiger partial charge < -0.3 is 29.4 Å². The molecule has 0 spiro atoms. The van der Waals surface area contributed by atoms with Crippen LogP contribution in [0.15, 0.2) is 15.7 Å². The number of aliphatic hydroxyl groups is 1. The first-order valence-corrected chi connectivity index (χ1v) is 12.9. The van der Waals surface area contributed by atoms with Gasteiger partial charge in [-0.2, -0.15) is 8.62 Å². The van der Waals surface area contributed by atoms with Gasteiger partial charge in [-0.05, 0) is 24.4 Å². The van der Waals surface area contributed by atoms with Crippen molar-refractivity contribution in [3.8, 4) is 11.3 Å². The van der Waals surface area contributed by atoms with Crippen molar-refractivity contribution >= 4 is 35.1 Å². The molecular formula is C12H15ClFN2O14P3. The minimum absolute atomic E-state index is 0.261. The SMILES string of the molecule is [2H]C([2H])(OP(=O)(O)OP(=O)(O)OP(=O)(O)O)[C@H]1O[C@@H](n2c(C)cc(=O)[nH]c2=O)C(F)(C#CCl)[C@H]1O. The highest BCUT2D eigenvalue weighted by Gasteiger charge is 2.59. The summed E-state index contributed by atoms with van der Waals surface area (Å²) in [5.41, 5.74) is -5.87. The lowest BCUT2D eigenvalue weighted by Gasteiger charge is -2.25. The second-order valence-electron chi connectivity index (χ2n) is 6.09. The van der Waals surface area contributed by atoms with Crippen LogP contribution in [-0.2, 0) is 31.6 Å². The zero-order valence-corrected chi connectivity index (χ0v) is 19.2. The zero-order chi connectivity index (χ0) is 27.2. The van der Waals surface area contributed by atoms with Gasteiger partial charge in [0.25, 0.3) is 5.56 Å². The highest BCUT2D eigenvalue weighted by molar-refractivity contribution is 7.66. The van der Waals surface area contributed by atoms with E-state index in [0.29, 0.717) is 4.57 Å². The summed E-state index contributed by atoms with van der Waals surface area (Å²) in [6, 6.07) is 0.805. The number of phosphoric acid groups is 3. The number of H-pyrrole nitrogens is 1. The molecule has 2 rings (SSSR count). The third kappa shape index (κ3) is 6.91. The molecule has 2 heterocycles. The quantitative estimate of drug-likeness (QED) is 0.171. The Morgan fingerprint density at radius 3 is 2.42 bits per heavy atom. The molecular weight excluding hydrogens is 544 g/mol. The number of rotatable bonds is 8. The van der Waals surface area contributed by atoms with Crippen molar-refractivity contribution in [1.29, 1.82) is 0 Å². The van der Waals surface area contributed by atoms with Crippen LogP contribution in [0.4, 0.5) is 4.39 Å². The Bertz CT molecular complexity index is 1320. The number of nitrogens with one attached hydrogen (secondary N) is 1. The van der Waals surface area contributed by atoms with Crippen molar-refractivity contribution in [1.82, 2.24) is 9.55 Å². The van der Waals surface area contributed by atoms with Crippen molar-refractivity contribution in [2.24, 2.45) is 0 Å². The van der Waals surface area contributed by atoms with Gasteiger partial charge in [-0.15, -0.1) is 0 Å². The molecule has 0 radical (unpaired) electrons. The molecule has 1 fully saturated rings. The molecule has 6 N–H and O–H groups in total. The van der Waals surface area contributed by atoms with Gasteiger partial charge in [0.05, 0.1) is 9.30 Å². The molecule has 1 saturated heterocycles. The lowest BCUT2D eigenvalue weighted by molar-refractivity contribution is -0.0544. The Hall–Kier alpha value is -1.21. The Morgan fingerprint density at radius 2 is 1.91 bits per heavy atom. The first kappa shape index (κ1) is 24.9. The Morgan fingerprint density at radius 1 is 1.30 bits per heavy atom. The first-order valence-electron chi connectivity index (χ1n) is 8.96. The highest BCUT2D eigenvalue weighted by Crippen LogP contribution is 2.66. The molecule has 0 aliphatic carbocycles. The van der Waals surface area contributed by atoms with Crippen LogP contribution in [0.1, 0.15) is 14.7 Å². The van der Waals surface area contributed by atoms with Crippen LogP contribution >= 0.6 is 35.1 Å². The van der Waals surface area contributed by atoms with Crippen LogP contribution in [-0.4, -0.2) is 58.7 Å². The van der Waals surface area contributed by atoms with E-state index in [1.807, 2.05) is 0 Å². The lowest BCUT2D eigenvalue weighted by Crippen LogP contribution is -2.45. The molecule has 0 aromatic carbocycles. The molecule has 16 nitrogen and oxygen atoms in total. The first-order chi connectivity index (χ1) is 15.6. The molecule has 1 aliphatic heterocycles. The number of hydrogen-bond donors (Lipinski definition) is 6. The number of aliphatic hydroxyl groups excluding tert-OH is 1. The average Bonchev–Trinajstić information content (AvgIpc) is 2.83. The number of alkyl halides is 1. The summed E-state index contributed by atoms with van der Waals surface area (Å²) < 4.78 is 81.8. The Kier molecular flexibility index (Phi) is 7.40. The van der Waals surface area contributed by atoms with Gasteiger partial charge in [0, 0.05) is 17.1 Å². The molecule has 0 bridgehead atoms. The van der Waals surface area contributed by atoms with E-state index in [9.17, 15) is 38.2 Å². The second-order valence-corrected chi connectivity index (χ2v) is 10.6. The number of aromatic nitrogens is 2. The van der Waals surface area contributed by atoms with Crippen molar-refractivity contribution in [2.75, 3.05) is 6.56 Å². The van der Waals surface area contributed by atoms with Gasteiger partial charge in [0.15, 0.2) is 6.23 Å². The van der Waals surface area contributed by atoms with E-state index in [0.717, 1.165) is 13.0 Å². The average molecular weight is 561 g/mol. The summed E-state index contributed by atoms with van der Waals surface area (Å²) in [5, 5.41) is 12.0. The maximum Gasteiger partial charge on any atom is 0.490 e. The van der Waals surface area contributed by atoms with E-state index < -0.39 is 65.4 Å². The molecule has 1 aliphatic rings. The maximum absolute atomic E-state index is 15.7. The number of aromatic amines is 1. The van der Waals surface area contributed by atoms with Crippen molar-refractivity contribution in [3.05, 3.63) is 32.6 Å². The van der Waals surface area contributed by atoms with Gasteiger partial charge in [-0.3, -0.25) is 18.9 Å². The summed E-state index contributed by atoms with van der Waals surface area (Å²) in [6.45, 7) is -2.67. The van der Waals surface area contributed by atoms with E-state index >= 15 is 4.39 Å². The fourth-order valence-corrected chi connectivity index (χ4v) is 5.58. The van der Waals surface area contributed by atoms with Crippen LogP contribution in [0, 0.1) is 18.2 Å². The molecule has 33 heavy (non-hydrogen) atoms. The third-order valence-corrected chi connectivity index (χ3v) is 7.45. The molecule has 0 saturated carbocycles. The summed E-state index contributed by atoms with van der Waals surface area (Å²) in [5.74, 6) is 1.66. The van der Waals surface area contributed by atoms with Crippen LogP contribution < -0.4 is 11.2 Å². The number of aryl methyl sites for hydroxylation is 1. The number of hydrogen-bond acceptors (Lipinski definition) is 10. The van der Waals surface area contributed by atoms with Crippen molar-refractivity contribution < 1.29 is 63.4 Å². The van der Waals surface area contributed by atoms with Gasteiger partial charge in [-0.1, -0.05) is 0 Å². The minimum atomic E-state index is -6.12. The topological polar surface area (TPSA) is 244 Å². The van der Waals surface area contributed by atoms with Crippen LogP contribution in [0.3, 0.4) is 0 Å². The Balaban J connectivity index is 2.46. The van der Waals surface area contributed by atoms with Gasteiger partial charge in [0.2, 0.25) is 5.67 Å². The predicted molar refractivity (Wildman–Crippen MR) is 103 cm³/mol. The van der Waals surface area contributed by atoms with E-state index in [1.165, 1.54) is 0 Å². The van der Waals surface area contributed by atoms with Gasteiger partial charge in [-0.25, -0.2) is 22.9 Å². The molecule has 1 aromatic heterocycles. The molecule has 21 heteroatoms.